The fourth-order valence-electron chi connectivity index (χ4n) is 3.99. The van der Waals surface area contributed by atoms with Crippen LogP contribution in [-0.4, -0.2) is 15.5 Å². The Morgan fingerprint density at radius 3 is 2.45 bits per heavy atom. The molecule has 0 aliphatic carbocycles. The fraction of sp³-hybridized carbons (Fsp3) is 0.250. The van der Waals surface area contributed by atoms with Crippen molar-refractivity contribution in [1.82, 2.24) is 9.55 Å². The van der Waals surface area contributed by atoms with Gasteiger partial charge in [-0.2, -0.15) is 0 Å². The summed E-state index contributed by atoms with van der Waals surface area (Å²) in [6.45, 7) is 2.95. The first-order chi connectivity index (χ1) is 13.7. The molecule has 0 unspecified atom stereocenters. The van der Waals surface area contributed by atoms with Gasteiger partial charge in [-0.3, -0.25) is 0 Å². The van der Waals surface area contributed by atoms with E-state index in [0.29, 0.717) is 0 Å². The van der Waals surface area contributed by atoms with Crippen LogP contribution >= 0.6 is 0 Å². The van der Waals surface area contributed by atoms with Crippen LogP contribution in [0.4, 0.5) is 0 Å². The number of benzene rings is 2. The molecule has 4 nitrogen and oxygen atoms in total. The van der Waals surface area contributed by atoms with E-state index in [1.54, 1.807) is 6.07 Å². The summed E-state index contributed by atoms with van der Waals surface area (Å²) < 4.78 is 2.31. The molecule has 2 aromatic carbocycles. The summed E-state index contributed by atoms with van der Waals surface area (Å²) in [5.74, 6) is -1.22. The van der Waals surface area contributed by atoms with Gasteiger partial charge in [0.25, 0.3) is 0 Å². The summed E-state index contributed by atoms with van der Waals surface area (Å²) in [4.78, 5) is 15.9. The minimum atomic E-state index is -1.22. The molecule has 29 heavy (non-hydrogen) atoms. The standard InChI is InChI=1S/C24H24N2O2.Na/c1-2-9-20-23-19(16-21(25-20)24(27)28)18-13-6-7-14-22(18)26(23)15-8-12-17-10-4-3-5-11-17;/h3-7,10-11,13-14,16H,2,8-9,12,15H2,1H3,(H,27,28);/q;+1/p-1. The van der Waals surface area contributed by atoms with Crippen molar-refractivity contribution in [3.05, 3.63) is 77.6 Å². The maximum Gasteiger partial charge on any atom is 1.00 e. The molecule has 2 heterocycles. The molecule has 0 N–H and O–H groups in total. The molecular weight excluding hydrogens is 371 g/mol. The number of aromatic nitrogens is 2. The molecule has 0 fully saturated rings. The zero-order valence-corrected chi connectivity index (χ0v) is 19.0. The molecule has 142 valence electrons. The van der Waals surface area contributed by atoms with E-state index < -0.39 is 5.97 Å². The van der Waals surface area contributed by atoms with E-state index in [-0.39, 0.29) is 35.3 Å². The molecule has 4 aromatic rings. The number of hydrogen-bond acceptors (Lipinski definition) is 3. The average molecular weight is 394 g/mol. The van der Waals surface area contributed by atoms with Crippen molar-refractivity contribution >= 4 is 27.8 Å². The first kappa shape index (κ1) is 21.6. The first-order valence-electron chi connectivity index (χ1n) is 9.85. The summed E-state index contributed by atoms with van der Waals surface area (Å²) in [6.07, 6.45) is 3.66. The van der Waals surface area contributed by atoms with Crippen LogP contribution in [-0.2, 0) is 19.4 Å². The average Bonchev–Trinajstić information content (AvgIpc) is 3.03. The second-order valence-corrected chi connectivity index (χ2v) is 7.15. The van der Waals surface area contributed by atoms with Gasteiger partial charge in [0, 0.05) is 22.8 Å². The maximum absolute atomic E-state index is 11.5. The minimum Gasteiger partial charge on any atom is -0.543 e. The third-order valence-corrected chi connectivity index (χ3v) is 5.21. The summed E-state index contributed by atoms with van der Waals surface area (Å²) in [6, 6.07) is 20.3. The van der Waals surface area contributed by atoms with E-state index in [4.69, 9.17) is 0 Å². The molecule has 0 aliphatic rings. The van der Waals surface area contributed by atoms with E-state index in [2.05, 4.69) is 52.9 Å². The van der Waals surface area contributed by atoms with Crippen LogP contribution in [0.2, 0.25) is 0 Å². The normalized spacial score (nSPS) is 10.9. The second kappa shape index (κ2) is 9.57. The Labute approximate surface area is 192 Å². The van der Waals surface area contributed by atoms with Gasteiger partial charge in [0.1, 0.15) is 0 Å². The summed E-state index contributed by atoms with van der Waals surface area (Å²) >= 11 is 0. The number of carbonyl (C=O) groups is 1. The Morgan fingerprint density at radius 2 is 1.72 bits per heavy atom. The van der Waals surface area contributed by atoms with Crippen molar-refractivity contribution in [3.8, 4) is 0 Å². The van der Waals surface area contributed by atoms with Crippen molar-refractivity contribution in [3.63, 3.8) is 0 Å². The summed E-state index contributed by atoms with van der Waals surface area (Å²) in [5.41, 5.74) is 4.37. The van der Waals surface area contributed by atoms with Crippen molar-refractivity contribution in [2.45, 2.75) is 39.2 Å². The van der Waals surface area contributed by atoms with Crippen LogP contribution < -0.4 is 34.7 Å². The first-order valence-corrected chi connectivity index (χ1v) is 9.85. The number of aromatic carboxylic acids is 1. The van der Waals surface area contributed by atoms with Crippen LogP contribution in [0, 0.1) is 0 Å². The monoisotopic (exact) mass is 394 g/mol. The number of carboxylic acid groups (broad SMARTS) is 1. The molecule has 0 radical (unpaired) electrons. The molecule has 0 amide bonds. The Bertz CT molecular complexity index is 1140. The number of nitrogens with zero attached hydrogens (tertiary/aromatic N) is 2. The zero-order chi connectivity index (χ0) is 19.5. The van der Waals surface area contributed by atoms with Crippen molar-refractivity contribution < 1.29 is 39.5 Å². The molecular formula is C24H23N2NaO2. The van der Waals surface area contributed by atoms with Crippen LogP contribution in [0.5, 0.6) is 0 Å². The van der Waals surface area contributed by atoms with Crippen molar-refractivity contribution in [1.29, 1.82) is 0 Å². The third-order valence-electron chi connectivity index (χ3n) is 5.21. The van der Waals surface area contributed by atoms with Crippen molar-refractivity contribution in [2.75, 3.05) is 0 Å². The van der Waals surface area contributed by atoms with Crippen LogP contribution in [0.15, 0.2) is 60.7 Å². The minimum absolute atomic E-state index is 0. The molecule has 2 aromatic heterocycles. The van der Waals surface area contributed by atoms with Gasteiger partial charge in [-0.25, -0.2) is 4.98 Å². The molecule has 0 saturated carbocycles. The second-order valence-electron chi connectivity index (χ2n) is 7.15. The number of aryl methyl sites for hydroxylation is 3. The van der Waals surface area contributed by atoms with Crippen LogP contribution in [0.25, 0.3) is 21.8 Å². The molecule has 0 saturated heterocycles. The molecule has 0 bridgehead atoms. The third kappa shape index (κ3) is 4.40. The Morgan fingerprint density at radius 1 is 1.00 bits per heavy atom. The van der Waals surface area contributed by atoms with Gasteiger partial charge in [0.15, 0.2) is 0 Å². The molecule has 5 heteroatoms. The predicted octanol–water partition coefficient (Wildman–Crippen LogP) is 1.14. The smallest absolute Gasteiger partial charge is 0.543 e. The number of carboxylic acids is 1. The number of rotatable bonds is 7. The zero-order valence-electron chi connectivity index (χ0n) is 17.0. The Kier molecular flexibility index (Phi) is 7.12. The van der Waals surface area contributed by atoms with E-state index in [0.717, 1.165) is 59.7 Å². The van der Waals surface area contributed by atoms with Crippen molar-refractivity contribution in [2.24, 2.45) is 0 Å². The van der Waals surface area contributed by atoms with E-state index in [9.17, 15) is 9.90 Å². The number of pyridine rings is 1. The van der Waals surface area contributed by atoms with E-state index >= 15 is 0 Å². The van der Waals surface area contributed by atoms with Gasteiger partial charge < -0.3 is 14.5 Å². The van der Waals surface area contributed by atoms with Gasteiger partial charge >= 0.3 is 29.6 Å². The van der Waals surface area contributed by atoms with Gasteiger partial charge in [0.05, 0.1) is 22.9 Å². The van der Waals surface area contributed by atoms with Crippen LogP contribution in [0.1, 0.15) is 41.5 Å². The Balaban J connectivity index is 0.00000240. The maximum atomic E-state index is 11.5. The summed E-state index contributed by atoms with van der Waals surface area (Å²) in [5, 5.41) is 13.5. The number of fused-ring (bicyclic) bond motifs is 3. The van der Waals surface area contributed by atoms with E-state index in [1.165, 1.54) is 5.56 Å². The van der Waals surface area contributed by atoms with Gasteiger partial charge in [0.2, 0.25) is 0 Å². The Hall–Kier alpha value is -2.14. The topological polar surface area (TPSA) is 57.9 Å². The van der Waals surface area contributed by atoms with Gasteiger partial charge in [-0.05, 0) is 37.0 Å². The molecule has 4 rings (SSSR count). The molecule has 0 atom stereocenters. The van der Waals surface area contributed by atoms with Crippen LogP contribution in [0.3, 0.4) is 0 Å². The predicted molar refractivity (Wildman–Crippen MR) is 110 cm³/mol. The number of hydrogen-bond donors (Lipinski definition) is 0. The number of carbonyl (C=O) groups excluding carboxylic acids is 1. The summed E-state index contributed by atoms with van der Waals surface area (Å²) in [7, 11) is 0. The number of para-hydroxylation sites is 1. The van der Waals surface area contributed by atoms with Gasteiger partial charge in [-0.1, -0.05) is 61.9 Å². The quantitative estimate of drug-likeness (QED) is 0.442. The van der Waals surface area contributed by atoms with E-state index in [1.807, 2.05) is 18.2 Å². The molecule has 0 aliphatic heterocycles. The molecule has 0 spiro atoms. The fourth-order valence-corrected chi connectivity index (χ4v) is 3.99. The SMILES string of the molecule is CCCc1nc(C(=O)[O-])cc2c3ccccc3n(CCCc3ccccc3)c12.[Na+]. The van der Waals surface area contributed by atoms with Gasteiger partial charge in [-0.15, -0.1) is 0 Å². The largest absolute Gasteiger partial charge is 1.00 e.